The minimum absolute atomic E-state index is 0.236. The van der Waals surface area contributed by atoms with Crippen molar-refractivity contribution in [3.05, 3.63) is 23.8 Å². The normalized spacial score (nSPS) is 21.6. The standard InChI is InChI=1S/C12H13N3O2/c1-12(2)6-10(12)15-9-5-7(11(16)17)3-4-8(9)13-14-15/h3-5,10H,6H2,1-2H3,(H,16,17). The molecule has 1 saturated carbocycles. The maximum Gasteiger partial charge on any atom is 0.335 e. The second kappa shape index (κ2) is 3.06. The summed E-state index contributed by atoms with van der Waals surface area (Å²) in [7, 11) is 0. The molecule has 17 heavy (non-hydrogen) atoms. The lowest BCUT2D eigenvalue weighted by molar-refractivity contribution is 0.0697. The second-order valence-corrected chi connectivity index (χ2v) is 5.25. The zero-order chi connectivity index (χ0) is 12.2. The molecule has 0 aliphatic heterocycles. The number of hydrogen-bond acceptors (Lipinski definition) is 3. The van der Waals surface area contributed by atoms with Crippen LogP contribution in [0.4, 0.5) is 0 Å². The third-order valence-electron chi connectivity index (χ3n) is 3.47. The van der Waals surface area contributed by atoms with Crippen molar-refractivity contribution < 1.29 is 9.90 Å². The summed E-state index contributed by atoms with van der Waals surface area (Å²) in [5, 5.41) is 17.2. The molecule has 1 unspecified atom stereocenters. The monoisotopic (exact) mass is 231 g/mol. The maximum absolute atomic E-state index is 10.9. The summed E-state index contributed by atoms with van der Waals surface area (Å²) in [5.41, 5.74) is 2.07. The highest BCUT2D eigenvalue weighted by Crippen LogP contribution is 2.55. The number of hydrogen-bond donors (Lipinski definition) is 1. The largest absolute Gasteiger partial charge is 0.478 e. The molecule has 0 radical (unpaired) electrons. The van der Waals surface area contributed by atoms with E-state index in [1.54, 1.807) is 18.2 Å². The third kappa shape index (κ3) is 1.50. The van der Waals surface area contributed by atoms with Crippen molar-refractivity contribution in [2.24, 2.45) is 5.41 Å². The van der Waals surface area contributed by atoms with Gasteiger partial charge in [-0.3, -0.25) is 0 Å². The fourth-order valence-electron chi connectivity index (χ4n) is 2.16. The molecule has 3 rings (SSSR count). The molecule has 0 amide bonds. The second-order valence-electron chi connectivity index (χ2n) is 5.25. The molecule has 1 fully saturated rings. The van der Waals surface area contributed by atoms with Crippen LogP contribution in [0.15, 0.2) is 18.2 Å². The highest BCUT2D eigenvalue weighted by atomic mass is 16.4. The first-order chi connectivity index (χ1) is 7.99. The van der Waals surface area contributed by atoms with E-state index in [-0.39, 0.29) is 11.0 Å². The highest BCUT2D eigenvalue weighted by Gasteiger charge is 2.48. The van der Waals surface area contributed by atoms with Crippen molar-refractivity contribution in [3.63, 3.8) is 0 Å². The number of nitrogens with zero attached hydrogens (tertiary/aromatic N) is 3. The van der Waals surface area contributed by atoms with Crippen molar-refractivity contribution in [3.8, 4) is 0 Å². The van der Waals surface area contributed by atoms with Gasteiger partial charge in [0.1, 0.15) is 5.52 Å². The summed E-state index contributed by atoms with van der Waals surface area (Å²) in [6.45, 7) is 4.35. The molecule has 5 nitrogen and oxygen atoms in total. The van der Waals surface area contributed by atoms with E-state index in [4.69, 9.17) is 5.11 Å². The van der Waals surface area contributed by atoms with Crippen LogP contribution >= 0.6 is 0 Å². The molecule has 1 aromatic carbocycles. The van der Waals surface area contributed by atoms with Crippen molar-refractivity contribution in [1.82, 2.24) is 15.0 Å². The van der Waals surface area contributed by atoms with E-state index in [2.05, 4.69) is 24.2 Å². The average molecular weight is 231 g/mol. The van der Waals surface area contributed by atoms with Gasteiger partial charge < -0.3 is 5.11 Å². The Morgan fingerprint density at radius 3 is 2.82 bits per heavy atom. The molecule has 1 aliphatic carbocycles. The van der Waals surface area contributed by atoms with Gasteiger partial charge in [0, 0.05) is 0 Å². The van der Waals surface area contributed by atoms with Crippen molar-refractivity contribution >= 4 is 17.0 Å². The number of carbonyl (C=O) groups is 1. The lowest BCUT2D eigenvalue weighted by atomic mass is 10.1. The van der Waals surface area contributed by atoms with E-state index in [1.807, 2.05) is 4.68 Å². The molecule has 1 aliphatic rings. The Morgan fingerprint density at radius 1 is 1.53 bits per heavy atom. The number of aromatic nitrogens is 3. The summed E-state index contributed by atoms with van der Waals surface area (Å²) >= 11 is 0. The zero-order valence-corrected chi connectivity index (χ0v) is 9.71. The van der Waals surface area contributed by atoms with E-state index in [9.17, 15) is 4.79 Å². The number of aromatic carboxylic acids is 1. The predicted molar refractivity (Wildman–Crippen MR) is 61.9 cm³/mol. The third-order valence-corrected chi connectivity index (χ3v) is 3.47. The Kier molecular flexibility index (Phi) is 1.85. The molecule has 0 spiro atoms. The molecule has 2 aromatic rings. The van der Waals surface area contributed by atoms with Crippen LogP contribution in [0, 0.1) is 5.41 Å². The van der Waals surface area contributed by atoms with Crippen molar-refractivity contribution in [1.29, 1.82) is 0 Å². The number of rotatable bonds is 2. The summed E-state index contributed by atoms with van der Waals surface area (Å²) in [6.07, 6.45) is 1.06. The van der Waals surface area contributed by atoms with Crippen LogP contribution in [-0.2, 0) is 0 Å². The van der Waals surface area contributed by atoms with Gasteiger partial charge in [-0.05, 0) is 30.0 Å². The SMILES string of the molecule is CC1(C)CC1n1nnc2ccc(C(=O)O)cc21. The topological polar surface area (TPSA) is 68.0 Å². The predicted octanol–water partition coefficient (Wildman–Crippen LogP) is 2.10. The van der Waals surface area contributed by atoms with Crippen LogP contribution < -0.4 is 0 Å². The summed E-state index contributed by atoms with van der Waals surface area (Å²) < 4.78 is 1.85. The lowest BCUT2D eigenvalue weighted by Gasteiger charge is -2.04. The fraction of sp³-hybridized carbons (Fsp3) is 0.417. The number of fused-ring (bicyclic) bond motifs is 1. The van der Waals surface area contributed by atoms with Gasteiger partial charge in [0.25, 0.3) is 0 Å². The minimum atomic E-state index is -0.922. The summed E-state index contributed by atoms with van der Waals surface area (Å²) in [6, 6.07) is 5.24. The molecule has 1 N–H and O–H groups in total. The number of carboxylic acid groups (broad SMARTS) is 1. The van der Waals surface area contributed by atoms with Gasteiger partial charge in [-0.25, -0.2) is 9.48 Å². The summed E-state index contributed by atoms with van der Waals surface area (Å²) in [5.74, 6) is -0.922. The fourth-order valence-corrected chi connectivity index (χ4v) is 2.16. The number of carboxylic acids is 1. The molecule has 88 valence electrons. The van der Waals surface area contributed by atoms with Crippen LogP contribution in [0.1, 0.15) is 36.7 Å². The van der Waals surface area contributed by atoms with E-state index in [0.29, 0.717) is 6.04 Å². The highest BCUT2D eigenvalue weighted by molar-refractivity contribution is 5.92. The van der Waals surface area contributed by atoms with E-state index >= 15 is 0 Å². The smallest absolute Gasteiger partial charge is 0.335 e. The van der Waals surface area contributed by atoms with Crippen molar-refractivity contribution in [2.45, 2.75) is 26.3 Å². The Hall–Kier alpha value is -1.91. The van der Waals surface area contributed by atoms with Gasteiger partial charge in [0.2, 0.25) is 0 Å². The molecule has 1 heterocycles. The molecule has 1 aromatic heterocycles. The minimum Gasteiger partial charge on any atom is -0.478 e. The first-order valence-corrected chi connectivity index (χ1v) is 5.57. The van der Waals surface area contributed by atoms with E-state index in [1.165, 1.54) is 0 Å². The first-order valence-electron chi connectivity index (χ1n) is 5.57. The molecule has 1 atom stereocenters. The van der Waals surface area contributed by atoms with Gasteiger partial charge >= 0.3 is 5.97 Å². The van der Waals surface area contributed by atoms with E-state index < -0.39 is 5.97 Å². The average Bonchev–Trinajstić information content (AvgIpc) is 2.74. The van der Waals surface area contributed by atoms with Gasteiger partial charge in [-0.1, -0.05) is 19.1 Å². The van der Waals surface area contributed by atoms with Crippen LogP contribution in [0.2, 0.25) is 0 Å². The van der Waals surface area contributed by atoms with E-state index in [0.717, 1.165) is 17.5 Å². The quantitative estimate of drug-likeness (QED) is 0.859. The Morgan fingerprint density at radius 2 is 2.24 bits per heavy atom. The Bertz CT molecular complexity index is 615. The Labute approximate surface area is 98.0 Å². The van der Waals surface area contributed by atoms with Crippen LogP contribution in [0.5, 0.6) is 0 Å². The maximum atomic E-state index is 10.9. The van der Waals surface area contributed by atoms with Gasteiger partial charge in [0.15, 0.2) is 0 Å². The van der Waals surface area contributed by atoms with Crippen LogP contribution in [0.3, 0.4) is 0 Å². The summed E-state index contributed by atoms with van der Waals surface area (Å²) in [4.78, 5) is 10.9. The zero-order valence-electron chi connectivity index (χ0n) is 9.71. The Balaban J connectivity index is 2.14. The molecule has 0 bridgehead atoms. The van der Waals surface area contributed by atoms with Gasteiger partial charge in [0.05, 0.1) is 17.1 Å². The molecular formula is C12H13N3O2. The van der Waals surface area contributed by atoms with Gasteiger partial charge in [-0.15, -0.1) is 5.10 Å². The molecular weight excluding hydrogens is 218 g/mol. The molecule has 0 saturated heterocycles. The first kappa shape index (κ1) is 10.3. The van der Waals surface area contributed by atoms with Crippen LogP contribution in [-0.4, -0.2) is 26.1 Å². The molecule has 5 heteroatoms. The van der Waals surface area contributed by atoms with Gasteiger partial charge in [-0.2, -0.15) is 0 Å². The van der Waals surface area contributed by atoms with Crippen molar-refractivity contribution in [2.75, 3.05) is 0 Å². The lowest BCUT2D eigenvalue weighted by Crippen LogP contribution is -2.03. The van der Waals surface area contributed by atoms with Crippen LogP contribution in [0.25, 0.3) is 11.0 Å². The number of benzene rings is 1.